The molecule has 1 N–H and O–H groups in total. The molecule has 88 valence electrons. The lowest BCUT2D eigenvalue weighted by atomic mass is 9.79. The Labute approximate surface area is 97.1 Å². The second-order valence-electron chi connectivity index (χ2n) is 4.97. The zero-order valence-electron chi connectivity index (χ0n) is 10.1. The molecule has 16 heavy (non-hydrogen) atoms. The van der Waals surface area contributed by atoms with Crippen molar-refractivity contribution in [2.24, 2.45) is 5.92 Å². The first-order chi connectivity index (χ1) is 7.60. The van der Waals surface area contributed by atoms with Gasteiger partial charge in [0.1, 0.15) is 5.67 Å². The van der Waals surface area contributed by atoms with Crippen molar-refractivity contribution in [3.05, 3.63) is 35.4 Å². The van der Waals surface area contributed by atoms with Crippen molar-refractivity contribution in [3.8, 4) is 0 Å². The van der Waals surface area contributed by atoms with Crippen molar-refractivity contribution in [1.29, 1.82) is 0 Å². The summed E-state index contributed by atoms with van der Waals surface area (Å²) in [5.41, 5.74) is 0.781. The summed E-state index contributed by atoms with van der Waals surface area (Å²) in [6, 6.07) is 7.85. The molecule has 1 saturated heterocycles. The van der Waals surface area contributed by atoms with Gasteiger partial charge in [0.25, 0.3) is 0 Å². The maximum absolute atomic E-state index is 14.9. The first kappa shape index (κ1) is 11.6. The molecule has 1 nitrogen and oxygen atoms in total. The summed E-state index contributed by atoms with van der Waals surface area (Å²) >= 11 is 0. The fraction of sp³-hybridized carbons (Fsp3) is 0.571. The molecule has 1 aromatic carbocycles. The third-order valence-corrected chi connectivity index (χ3v) is 3.69. The van der Waals surface area contributed by atoms with Gasteiger partial charge in [0.05, 0.1) is 0 Å². The molecule has 0 spiro atoms. The molecule has 1 atom stereocenters. The van der Waals surface area contributed by atoms with Gasteiger partial charge in [-0.15, -0.1) is 0 Å². The Morgan fingerprint density at radius 3 is 2.62 bits per heavy atom. The molecule has 1 heterocycles. The van der Waals surface area contributed by atoms with E-state index in [9.17, 15) is 4.39 Å². The summed E-state index contributed by atoms with van der Waals surface area (Å²) in [7, 11) is 0. The van der Waals surface area contributed by atoms with Crippen LogP contribution in [0.15, 0.2) is 24.3 Å². The van der Waals surface area contributed by atoms with Gasteiger partial charge in [-0.25, -0.2) is 4.39 Å². The van der Waals surface area contributed by atoms with Crippen molar-refractivity contribution < 1.29 is 4.39 Å². The van der Waals surface area contributed by atoms with Crippen LogP contribution in [0.3, 0.4) is 0 Å². The first-order valence-corrected chi connectivity index (χ1v) is 6.07. The molecule has 0 bridgehead atoms. The number of hydrogen-bond acceptors (Lipinski definition) is 1. The van der Waals surface area contributed by atoms with Gasteiger partial charge in [-0.2, -0.15) is 0 Å². The van der Waals surface area contributed by atoms with Crippen molar-refractivity contribution in [1.82, 2.24) is 5.32 Å². The van der Waals surface area contributed by atoms with Crippen LogP contribution in [0.2, 0.25) is 0 Å². The van der Waals surface area contributed by atoms with Gasteiger partial charge in [0.2, 0.25) is 0 Å². The van der Waals surface area contributed by atoms with Crippen LogP contribution in [0, 0.1) is 12.8 Å². The van der Waals surface area contributed by atoms with E-state index in [1.54, 1.807) is 6.92 Å². The molecule has 1 aliphatic heterocycles. The average Bonchev–Trinajstić information content (AvgIpc) is 2.30. The predicted molar refractivity (Wildman–Crippen MR) is 65.2 cm³/mol. The maximum atomic E-state index is 14.9. The normalized spacial score (nSPS) is 21.7. The third-order valence-electron chi connectivity index (χ3n) is 3.69. The average molecular weight is 221 g/mol. The Bertz CT molecular complexity index is 354. The number of hydrogen-bond donors (Lipinski definition) is 1. The zero-order valence-corrected chi connectivity index (χ0v) is 10.1. The number of benzene rings is 1. The molecular formula is C14H20FN. The van der Waals surface area contributed by atoms with Crippen molar-refractivity contribution in [3.63, 3.8) is 0 Å². The second-order valence-corrected chi connectivity index (χ2v) is 4.97. The molecule has 2 heteroatoms. The minimum Gasteiger partial charge on any atom is -0.317 e. The lowest BCUT2D eigenvalue weighted by Gasteiger charge is -2.34. The lowest BCUT2D eigenvalue weighted by molar-refractivity contribution is 0.0772. The standard InChI is InChI=1S/C14H20FN/c1-11-4-3-5-13(10-11)14(2,15)12-6-8-16-9-7-12/h3-5,10,12,16H,6-9H2,1-2H3. The van der Waals surface area contributed by atoms with Crippen molar-refractivity contribution >= 4 is 0 Å². The van der Waals surface area contributed by atoms with E-state index in [0.29, 0.717) is 0 Å². The number of alkyl halides is 1. The van der Waals surface area contributed by atoms with Gasteiger partial charge in [-0.05, 0) is 51.3 Å². The number of rotatable bonds is 2. The zero-order chi connectivity index (χ0) is 11.6. The molecule has 1 fully saturated rings. The largest absolute Gasteiger partial charge is 0.317 e. The molecule has 2 rings (SSSR count). The summed E-state index contributed by atoms with van der Waals surface area (Å²) < 4.78 is 14.9. The highest BCUT2D eigenvalue weighted by molar-refractivity contribution is 5.27. The van der Waals surface area contributed by atoms with Gasteiger partial charge < -0.3 is 5.32 Å². The number of nitrogens with one attached hydrogen (secondary N) is 1. The van der Waals surface area contributed by atoms with Crippen molar-refractivity contribution in [2.45, 2.75) is 32.4 Å². The van der Waals surface area contributed by atoms with E-state index in [4.69, 9.17) is 0 Å². The minimum absolute atomic E-state index is 0.149. The van der Waals surface area contributed by atoms with Gasteiger partial charge in [-0.1, -0.05) is 29.8 Å². The van der Waals surface area contributed by atoms with Gasteiger partial charge in [-0.3, -0.25) is 0 Å². The Morgan fingerprint density at radius 2 is 2.00 bits per heavy atom. The first-order valence-electron chi connectivity index (χ1n) is 6.07. The summed E-state index contributed by atoms with van der Waals surface area (Å²) in [5, 5.41) is 3.28. The van der Waals surface area contributed by atoms with Crippen LogP contribution in [-0.4, -0.2) is 13.1 Å². The molecule has 0 aromatic heterocycles. The minimum atomic E-state index is -1.19. The van der Waals surface area contributed by atoms with Crippen LogP contribution < -0.4 is 5.32 Å². The second kappa shape index (κ2) is 4.54. The van der Waals surface area contributed by atoms with E-state index in [1.807, 2.05) is 31.2 Å². The van der Waals surface area contributed by atoms with Crippen molar-refractivity contribution in [2.75, 3.05) is 13.1 Å². The Balaban J connectivity index is 2.22. The SMILES string of the molecule is Cc1cccc(C(C)(F)C2CCNCC2)c1. The number of aryl methyl sites for hydroxylation is 1. The van der Waals surface area contributed by atoms with Gasteiger partial charge >= 0.3 is 0 Å². The summed E-state index contributed by atoms with van der Waals surface area (Å²) in [5.74, 6) is 0.149. The molecule has 1 aliphatic rings. The summed E-state index contributed by atoms with van der Waals surface area (Å²) in [6.07, 6.45) is 1.86. The quantitative estimate of drug-likeness (QED) is 0.808. The Hall–Kier alpha value is -0.890. The van der Waals surface area contributed by atoms with Crippen LogP contribution in [0.4, 0.5) is 4.39 Å². The molecule has 0 amide bonds. The smallest absolute Gasteiger partial charge is 0.136 e. The highest BCUT2D eigenvalue weighted by Crippen LogP contribution is 2.38. The fourth-order valence-corrected chi connectivity index (χ4v) is 2.55. The molecule has 1 aromatic rings. The van der Waals surface area contributed by atoms with Gasteiger partial charge in [0.15, 0.2) is 0 Å². The maximum Gasteiger partial charge on any atom is 0.136 e. The third kappa shape index (κ3) is 2.27. The highest BCUT2D eigenvalue weighted by atomic mass is 19.1. The Kier molecular flexibility index (Phi) is 3.29. The van der Waals surface area contributed by atoms with Crippen LogP contribution >= 0.6 is 0 Å². The molecular weight excluding hydrogens is 201 g/mol. The summed E-state index contributed by atoms with van der Waals surface area (Å²) in [6.45, 7) is 5.63. The monoisotopic (exact) mass is 221 g/mol. The Morgan fingerprint density at radius 1 is 1.31 bits per heavy atom. The van der Waals surface area contributed by atoms with E-state index < -0.39 is 5.67 Å². The predicted octanol–water partition coefficient (Wildman–Crippen LogP) is 3.18. The van der Waals surface area contributed by atoms with Gasteiger partial charge in [0, 0.05) is 0 Å². The molecule has 0 saturated carbocycles. The van der Waals surface area contributed by atoms with E-state index in [2.05, 4.69) is 5.32 Å². The molecule has 0 aliphatic carbocycles. The molecule has 1 unspecified atom stereocenters. The van der Waals surface area contributed by atoms with E-state index in [-0.39, 0.29) is 5.92 Å². The summed E-state index contributed by atoms with van der Waals surface area (Å²) in [4.78, 5) is 0. The topological polar surface area (TPSA) is 12.0 Å². The van der Waals surface area contributed by atoms with Crippen LogP contribution in [-0.2, 0) is 5.67 Å². The van der Waals surface area contributed by atoms with E-state index in [0.717, 1.165) is 37.1 Å². The molecule has 0 radical (unpaired) electrons. The van der Waals surface area contributed by atoms with E-state index >= 15 is 0 Å². The van der Waals surface area contributed by atoms with Crippen LogP contribution in [0.25, 0.3) is 0 Å². The van der Waals surface area contributed by atoms with E-state index in [1.165, 1.54) is 0 Å². The number of piperidine rings is 1. The fourth-order valence-electron chi connectivity index (χ4n) is 2.55. The van der Waals surface area contributed by atoms with Crippen LogP contribution in [0.1, 0.15) is 30.9 Å². The van der Waals surface area contributed by atoms with Crippen LogP contribution in [0.5, 0.6) is 0 Å². The highest BCUT2D eigenvalue weighted by Gasteiger charge is 2.36. The number of halogens is 1. The lowest BCUT2D eigenvalue weighted by Crippen LogP contribution is -2.37.